The van der Waals surface area contributed by atoms with E-state index >= 15 is 0 Å². The number of carbonyl (C=O) groups is 1. The number of para-hydroxylation sites is 1. The number of aryl methyl sites for hydroxylation is 3. The van der Waals surface area contributed by atoms with E-state index in [9.17, 15) is 13.2 Å². The molecule has 1 aromatic heterocycles. The highest BCUT2D eigenvalue weighted by Crippen LogP contribution is 2.18. The summed E-state index contributed by atoms with van der Waals surface area (Å²) in [6.07, 6.45) is 4.65. The number of ether oxygens (including phenoxy) is 1. The van der Waals surface area contributed by atoms with Gasteiger partial charge >= 0.3 is 0 Å². The quantitative estimate of drug-likeness (QED) is 0.436. The molecule has 1 fully saturated rings. The van der Waals surface area contributed by atoms with Crippen LogP contribution in [0.1, 0.15) is 29.7 Å². The fourth-order valence-electron chi connectivity index (χ4n) is 4.07. The summed E-state index contributed by atoms with van der Waals surface area (Å²) in [6.45, 7) is 4.20. The Morgan fingerprint density at radius 2 is 1.74 bits per heavy atom. The van der Waals surface area contributed by atoms with Gasteiger partial charge in [-0.15, -0.1) is 0 Å². The smallest absolute Gasteiger partial charge is 0.243 e. The van der Waals surface area contributed by atoms with Gasteiger partial charge in [0, 0.05) is 32.3 Å². The summed E-state index contributed by atoms with van der Waals surface area (Å²) >= 11 is 0. The average molecular weight is 497 g/mol. The van der Waals surface area contributed by atoms with Gasteiger partial charge in [0.15, 0.2) is 0 Å². The maximum Gasteiger partial charge on any atom is 0.243 e. The molecule has 4 rings (SSSR count). The lowest BCUT2D eigenvalue weighted by Crippen LogP contribution is -2.40. The molecule has 9 heteroatoms. The number of morpholine rings is 1. The first kappa shape index (κ1) is 25.1. The highest BCUT2D eigenvalue weighted by Gasteiger charge is 2.26. The second-order valence-electron chi connectivity index (χ2n) is 8.63. The minimum atomic E-state index is -3.50. The van der Waals surface area contributed by atoms with Crippen molar-refractivity contribution >= 4 is 15.9 Å². The number of nitrogens with zero attached hydrogens (tertiary/aromatic N) is 3. The van der Waals surface area contributed by atoms with Crippen LogP contribution in [0.25, 0.3) is 5.69 Å². The zero-order valence-corrected chi connectivity index (χ0v) is 20.8. The molecule has 1 N–H and O–H groups in total. The van der Waals surface area contributed by atoms with Gasteiger partial charge in [0.05, 0.1) is 29.5 Å². The van der Waals surface area contributed by atoms with E-state index in [-0.39, 0.29) is 10.8 Å². The first-order valence-corrected chi connectivity index (χ1v) is 13.4. The van der Waals surface area contributed by atoms with Crippen molar-refractivity contribution in [3.05, 3.63) is 77.6 Å². The molecule has 0 unspecified atom stereocenters. The van der Waals surface area contributed by atoms with E-state index in [1.54, 1.807) is 24.3 Å². The molecule has 0 bridgehead atoms. The van der Waals surface area contributed by atoms with Crippen LogP contribution in [-0.2, 0) is 32.4 Å². The lowest BCUT2D eigenvalue weighted by atomic mass is 10.1. The Kier molecular flexibility index (Phi) is 8.33. The molecule has 186 valence electrons. The van der Waals surface area contributed by atoms with Gasteiger partial charge in [-0.1, -0.05) is 30.3 Å². The third kappa shape index (κ3) is 6.56. The molecule has 0 spiro atoms. The maximum absolute atomic E-state index is 12.7. The second-order valence-corrected chi connectivity index (χ2v) is 10.6. The molecule has 2 heterocycles. The van der Waals surface area contributed by atoms with Crippen LogP contribution in [0.15, 0.2) is 65.7 Å². The predicted molar refractivity (Wildman–Crippen MR) is 134 cm³/mol. The molecule has 1 saturated heterocycles. The van der Waals surface area contributed by atoms with Crippen molar-refractivity contribution in [3.63, 3.8) is 0 Å². The Labute approximate surface area is 207 Å². The first-order chi connectivity index (χ1) is 16.9. The van der Waals surface area contributed by atoms with E-state index in [1.165, 1.54) is 9.87 Å². The largest absolute Gasteiger partial charge is 0.379 e. The molecule has 2 aromatic carbocycles. The van der Waals surface area contributed by atoms with Crippen LogP contribution in [0, 0.1) is 6.92 Å². The number of rotatable bonds is 10. The molecule has 1 amide bonds. The molecule has 35 heavy (non-hydrogen) atoms. The van der Waals surface area contributed by atoms with Crippen molar-refractivity contribution < 1.29 is 17.9 Å². The average Bonchev–Trinajstić information content (AvgIpc) is 3.27. The number of sulfonamides is 1. The van der Waals surface area contributed by atoms with E-state index < -0.39 is 10.0 Å². The van der Waals surface area contributed by atoms with Crippen LogP contribution in [0.2, 0.25) is 0 Å². The summed E-state index contributed by atoms with van der Waals surface area (Å²) in [7, 11) is -3.50. The Morgan fingerprint density at radius 3 is 2.46 bits per heavy atom. The lowest BCUT2D eigenvalue weighted by molar-refractivity contribution is -0.121. The number of hydrogen-bond acceptors (Lipinski definition) is 5. The molecule has 1 aliphatic rings. The van der Waals surface area contributed by atoms with E-state index in [0.29, 0.717) is 45.7 Å². The normalized spacial score (nSPS) is 14.7. The molecule has 0 radical (unpaired) electrons. The number of amides is 1. The SMILES string of the molecule is Cc1nn(-c2ccccc2)cc1CCCNC(=O)CCc1ccc(S(=O)(=O)N2CCOCC2)cc1. The summed E-state index contributed by atoms with van der Waals surface area (Å²) in [5, 5.41) is 7.57. The Hall–Kier alpha value is -3.01. The molecule has 1 aliphatic heterocycles. The molecule has 0 atom stereocenters. The van der Waals surface area contributed by atoms with Crippen LogP contribution < -0.4 is 5.32 Å². The highest BCUT2D eigenvalue weighted by molar-refractivity contribution is 7.89. The van der Waals surface area contributed by atoms with Crippen LogP contribution >= 0.6 is 0 Å². The van der Waals surface area contributed by atoms with Gasteiger partial charge in [0.25, 0.3) is 0 Å². The van der Waals surface area contributed by atoms with Gasteiger partial charge in [-0.25, -0.2) is 13.1 Å². The van der Waals surface area contributed by atoms with E-state index in [1.807, 2.05) is 41.9 Å². The molecule has 3 aromatic rings. The molecular formula is C26H32N4O4S. The minimum absolute atomic E-state index is 0.00767. The number of aromatic nitrogens is 2. The standard InChI is InChI=1S/C26H32N4O4S/c1-21-23(20-30(28-21)24-7-3-2-4-8-24)6-5-15-27-26(31)14-11-22-9-12-25(13-10-22)35(32,33)29-16-18-34-19-17-29/h2-4,7-10,12-13,20H,5-6,11,14-19H2,1H3,(H,27,31). The zero-order chi connectivity index (χ0) is 24.7. The monoisotopic (exact) mass is 496 g/mol. The first-order valence-electron chi connectivity index (χ1n) is 12.0. The van der Waals surface area contributed by atoms with Crippen molar-refractivity contribution in [1.82, 2.24) is 19.4 Å². The number of nitrogens with one attached hydrogen (secondary N) is 1. The zero-order valence-electron chi connectivity index (χ0n) is 20.0. The van der Waals surface area contributed by atoms with Crippen molar-refractivity contribution in [2.45, 2.75) is 37.5 Å². The van der Waals surface area contributed by atoms with E-state index in [4.69, 9.17) is 4.74 Å². The predicted octanol–water partition coefficient (Wildman–Crippen LogP) is 2.88. The second kappa shape index (κ2) is 11.6. The van der Waals surface area contributed by atoms with Crippen molar-refractivity contribution in [3.8, 4) is 5.69 Å². The van der Waals surface area contributed by atoms with Crippen LogP contribution in [-0.4, -0.2) is 61.3 Å². The van der Waals surface area contributed by atoms with Gasteiger partial charge in [-0.05, 0) is 61.6 Å². The Morgan fingerprint density at radius 1 is 1.03 bits per heavy atom. The fourth-order valence-corrected chi connectivity index (χ4v) is 5.48. The van der Waals surface area contributed by atoms with Crippen LogP contribution in [0.4, 0.5) is 0 Å². The van der Waals surface area contributed by atoms with Crippen molar-refractivity contribution in [1.29, 1.82) is 0 Å². The van der Waals surface area contributed by atoms with Crippen LogP contribution in [0.3, 0.4) is 0 Å². The number of carbonyl (C=O) groups excluding carboxylic acids is 1. The number of benzene rings is 2. The van der Waals surface area contributed by atoms with Crippen LogP contribution in [0.5, 0.6) is 0 Å². The Bertz CT molecular complexity index is 1220. The minimum Gasteiger partial charge on any atom is -0.379 e. The lowest BCUT2D eigenvalue weighted by Gasteiger charge is -2.26. The van der Waals surface area contributed by atoms with Gasteiger partial charge in [0.2, 0.25) is 15.9 Å². The summed E-state index contributed by atoms with van der Waals surface area (Å²) in [5.41, 5.74) is 4.14. The van der Waals surface area contributed by atoms with Gasteiger partial charge < -0.3 is 10.1 Å². The molecule has 8 nitrogen and oxygen atoms in total. The van der Waals surface area contributed by atoms with E-state index in [0.717, 1.165) is 29.8 Å². The Balaban J connectivity index is 1.19. The summed E-state index contributed by atoms with van der Waals surface area (Å²) in [6, 6.07) is 16.8. The fraction of sp³-hybridized carbons (Fsp3) is 0.385. The van der Waals surface area contributed by atoms with E-state index in [2.05, 4.69) is 16.6 Å². The van der Waals surface area contributed by atoms with Crippen molar-refractivity contribution in [2.24, 2.45) is 0 Å². The topological polar surface area (TPSA) is 93.5 Å². The molecular weight excluding hydrogens is 464 g/mol. The molecule has 0 saturated carbocycles. The highest BCUT2D eigenvalue weighted by atomic mass is 32.2. The third-order valence-electron chi connectivity index (χ3n) is 6.14. The molecule has 0 aliphatic carbocycles. The summed E-state index contributed by atoms with van der Waals surface area (Å²) in [5.74, 6) is -0.00767. The van der Waals surface area contributed by atoms with Gasteiger partial charge in [0.1, 0.15) is 0 Å². The third-order valence-corrected chi connectivity index (χ3v) is 8.05. The summed E-state index contributed by atoms with van der Waals surface area (Å²) < 4.78 is 34.0. The van der Waals surface area contributed by atoms with Crippen molar-refractivity contribution in [2.75, 3.05) is 32.8 Å². The summed E-state index contributed by atoms with van der Waals surface area (Å²) in [4.78, 5) is 12.6. The van der Waals surface area contributed by atoms with Gasteiger partial charge in [-0.3, -0.25) is 4.79 Å². The maximum atomic E-state index is 12.7. The van der Waals surface area contributed by atoms with Gasteiger partial charge in [-0.2, -0.15) is 9.40 Å². The number of hydrogen-bond donors (Lipinski definition) is 1.